The number of carbonyl (C=O) groups is 1. The molecule has 0 radical (unpaired) electrons. The number of benzene rings is 1. The van der Waals surface area contributed by atoms with Gasteiger partial charge in [0.1, 0.15) is 0 Å². The van der Waals surface area contributed by atoms with Crippen LogP contribution in [0.2, 0.25) is 0 Å². The van der Waals surface area contributed by atoms with Crippen molar-refractivity contribution in [2.45, 2.75) is 45.1 Å². The number of rotatable bonds is 3. The highest BCUT2D eigenvalue weighted by Gasteiger charge is 2.13. The summed E-state index contributed by atoms with van der Waals surface area (Å²) in [4.78, 5) is 11.8. The monoisotopic (exact) mass is 243 g/mol. The van der Waals surface area contributed by atoms with Crippen LogP contribution in [-0.2, 0) is 4.79 Å². The molecule has 0 heterocycles. The van der Waals surface area contributed by atoms with Crippen LogP contribution in [0.25, 0.3) is 6.08 Å². The van der Waals surface area contributed by atoms with Crippen molar-refractivity contribution in [3.63, 3.8) is 0 Å². The zero-order chi connectivity index (χ0) is 12.8. The minimum Gasteiger partial charge on any atom is -0.350 e. The van der Waals surface area contributed by atoms with E-state index in [-0.39, 0.29) is 5.91 Å². The first-order chi connectivity index (χ1) is 8.75. The van der Waals surface area contributed by atoms with Crippen molar-refractivity contribution in [3.8, 4) is 0 Å². The van der Waals surface area contributed by atoms with Gasteiger partial charge in [-0.1, -0.05) is 43.5 Å². The Morgan fingerprint density at radius 1 is 1.22 bits per heavy atom. The van der Waals surface area contributed by atoms with Crippen LogP contribution in [-0.4, -0.2) is 11.9 Å². The molecule has 1 aromatic carbocycles. The molecule has 1 aromatic rings. The van der Waals surface area contributed by atoms with Crippen molar-refractivity contribution in [2.24, 2.45) is 0 Å². The molecule has 1 amide bonds. The minimum atomic E-state index is 0.0325. The molecule has 2 heteroatoms. The molecule has 2 nitrogen and oxygen atoms in total. The predicted molar refractivity (Wildman–Crippen MR) is 75.2 cm³/mol. The molecule has 0 saturated heterocycles. The highest BCUT2D eigenvalue weighted by atomic mass is 16.1. The van der Waals surface area contributed by atoms with Gasteiger partial charge in [0, 0.05) is 12.1 Å². The van der Waals surface area contributed by atoms with E-state index >= 15 is 0 Å². The fraction of sp³-hybridized carbons (Fsp3) is 0.438. The number of amides is 1. The molecular weight excluding hydrogens is 222 g/mol. The Bertz CT molecular complexity index is 430. The molecule has 1 aliphatic rings. The van der Waals surface area contributed by atoms with Gasteiger partial charge in [-0.05, 0) is 37.0 Å². The molecule has 96 valence electrons. The minimum absolute atomic E-state index is 0.0325. The van der Waals surface area contributed by atoms with E-state index in [2.05, 4.69) is 18.3 Å². The van der Waals surface area contributed by atoms with E-state index in [1.807, 2.05) is 24.3 Å². The van der Waals surface area contributed by atoms with Gasteiger partial charge in [-0.25, -0.2) is 0 Å². The van der Waals surface area contributed by atoms with E-state index in [1.165, 1.54) is 24.8 Å². The van der Waals surface area contributed by atoms with Gasteiger partial charge >= 0.3 is 0 Å². The van der Waals surface area contributed by atoms with Crippen molar-refractivity contribution in [3.05, 3.63) is 41.5 Å². The molecule has 0 aromatic heterocycles. The molecule has 0 bridgehead atoms. The molecule has 0 aliphatic heterocycles. The van der Waals surface area contributed by atoms with Gasteiger partial charge in [0.15, 0.2) is 0 Å². The van der Waals surface area contributed by atoms with Crippen LogP contribution in [0.4, 0.5) is 0 Å². The molecule has 0 unspecified atom stereocenters. The summed E-state index contributed by atoms with van der Waals surface area (Å²) in [7, 11) is 0. The molecule has 0 spiro atoms. The zero-order valence-electron chi connectivity index (χ0n) is 11.0. The summed E-state index contributed by atoms with van der Waals surface area (Å²) in [6, 6.07) is 8.46. The highest BCUT2D eigenvalue weighted by molar-refractivity contribution is 5.92. The Labute approximate surface area is 109 Å². The first-order valence-electron chi connectivity index (χ1n) is 6.80. The van der Waals surface area contributed by atoms with Crippen molar-refractivity contribution < 1.29 is 4.79 Å². The second-order valence-electron chi connectivity index (χ2n) is 5.03. The van der Waals surface area contributed by atoms with Crippen molar-refractivity contribution in [1.82, 2.24) is 5.32 Å². The topological polar surface area (TPSA) is 29.1 Å². The number of hydrogen-bond donors (Lipinski definition) is 1. The van der Waals surface area contributed by atoms with Gasteiger partial charge in [0.25, 0.3) is 0 Å². The maximum atomic E-state index is 11.8. The lowest BCUT2D eigenvalue weighted by atomic mass is 9.95. The Morgan fingerprint density at radius 2 is 1.94 bits per heavy atom. The van der Waals surface area contributed by atoms with Crippen LogP contribution in [0.5, 0.6) is 0 Å². The third-order valence-corrected chi connectivity index (χ3v) is 3.55. The van der Waals surface area contributed by atoms with Gasteiger partial charge in [0.2, 0.25) is 5.91 Å². The predicted octanol–water partition coefficient (Wildman–Crippen LogP) is 3.46. The molecule has 1 saturated carbocycles. The van der Waals surface area contributed by atoms with Crippen molar-refractivity contribution in [2.75, 3.05) is 0 Å². The largest absolute Gasteiger partial charge is 0.350 e. The third kappa shape index (κ3) is 3.73. The Hall–Kier alpha value is -1.57. The zero-order valence-corrected chi connectivity index (χ0v) is 11.0. The lowest BCUT2D eigenvalue weighted by Crippen LogP contribution is -2.34. The Morgan fingerprint density at radius 3 is 2.67 bits per heavy atom. The van der Waals surface area contributed by atoms with Crippen LogP contribution >= 0.6 is 0 Å². The van der Waals surface area contributed by atoms with Crippen LogP contribution < -0.4 is 5.32 Å². The molecule has 1 fully saturated rings. The summed E-state index contributed by atoms with van der Waals surface area (Å²) in [6.45, 7) is 2.05. The molecule has 18 heavy (non-hydrogen) atoms. The molecule has 2 rings (SSSR count). The maximum Gasteiger partial charge on any atom is 0.244 e. The average Bonchev–Trinajstić information content (AvgIpc) is 2.39. The van der Waals surface area contributed by atoms with Gasteiger partial charge in [-0.15, -0.1) is 0 Å². The van der Waals surface area contributed by atoms with Gasteiger partial charge in [0.05, 0.1) is 0 Å². The second-order valence-corrected chi connectivity index (χ2v) is 5.03. The summed E-state index contributed by atoms with van der Waals surface area (Å²) in [5.41, 5.74) is 2.30. The second kappa shape index (κ2) is 6.39. The Balaban J connectivity index is 1.88. The van der Waals surface area contributed by atoms with Crippen LogP contribution in [0.15, 0.2) is 30.3 Å². The lowest BCUT2D eigenvalue weighted by molar-refractivity contribution is -0.117. The maximum absolute atomic E-state index is 11.8. The quantitative estimate of drug-likeness (QED) is 0.809. The summed E-state index contributed by atoms with van der Waals surface area (Å²) in [5.74, 6) is 0.0325. The SMILES string of the molecule is Cc1ccccc1C=CC(=O)NC1CCCCC1. The third-order valence-electron chi connectivity index (χ3n) is 3.55. The van der Waals surface area contributed by atoms with Gasteiger partial charge in [-0.2, -0.15) is 0 Å². The number of carbonyl (C=O) groups excluding carboxylic acids is 1. The van der Waals surface area contributed by atoms with Crippen LogP contribution in [0, 0.1) is 6.92 Å². The standard InChI is InChI=1S/C16H21NO/c1-13-7-5-6-8-14(13)11-12-16(18)17-15-9-3-2-4-10-15/h5-8,11-12,15H,2-4,9-10H2,1H3,(H,17,18). The van der Waals surface area contributed by atoms with Crippen LogP contribution in [0.3, 0.4) is 0 Å². The van der Waals surface area contributed by atoms with E-state index in [1.54, 1.807) is 6.08 Å². The fourth-order valence-electron chi connectivity index (χ4n) is 2.44. The molecule has 0 atom stereocenters. The van der Waals surface area contributed by atoms with E-state index in [0.29, 0.717) is 6.04 Å². The number of nitrogens with one attached hydrogen (secondary N) is 1. The summed E-state index contributed by atoms with van der Waals surface area (Å²) in [5, 5.41) is 3.08. The normalized spacial score (nSPS) is 16.9. The first-order valence-corrected chi connectivity index (χ1v) is 6.80. The summed E-state index contributed by atoms with van der Waals surface area (Å²) in [6.07, 6.45) is 9.60. The van der Waals surface area contributed by atoms with E-state index in [9.17, 15) is 4.79 Å². The average molecular weight is 243 g/mol. The van der Waals surface area contributed by atoms with E-state index in [4.69, 9.17) is 0 Å². The first kappa shape index (κ1) is 12.9. The number of hydrogen-bond acceptors (Lipinski definition) is 1. The molecule has 1 aliphatic carbocycles. The summed E-state index contributed by atoms with van der Waals surface area (Å²) >= 11 is 0. The van der Waals surface area contributed by atoms with Crippen LogP contribution in [0.1, 0.15) is 43.2 Å². The van der Waals surface area contributed by atoms with Crippen molar-refractivity contribution >= 4 is 12.0 Å². The van der Waals surface area contributed by atoms with E-state index < -0.39 is 0 Å². The number of aryl methyl sites for hydroxylation is 1. The van der Waals surface area contributed by atoms with Gasteiger partial charge in [-0.3, -0.25) is 4.79 Å². The smallest absolute Gasteiger partial charge is 0.244 e. The lowest BCUT2D eigenvalue weighted by Gasteiger charge is -2.21. The summed E-state index contributed by atoms with van der Waals surface area (Å²) < 4.78 is 0. The van der Waals surface area contributed by atoms with Gasteiger partial charge < -0.3 is 5.32 Å². The Kier molecular flexibility index (Phi) is 4.57. The van der Waals surface area contributed by atoms with Crippen molar-refractivity contribution in [1.29, 1.82) is 0 Å². The van der Waals surface area contributed by atoms with E-state index in [0.717, 1.165) is 18.4 Å². The fourth-order valence-corrected chi connectivity index (χ4v) is 2.44. The highest BCUT2D eigenvalue weighted by Crippen LogP contribution is 2.17. The molecule has 1 N–H and O–H groups in total. The molecular formula is C16H21NO.